The molecule has 1 saturated carbocycles. The molecule has 5 heteroatoms. The SMILES string of the molecule is O=C(COc1ccc(-c2ccccc2)cc1)Nc1ccccc1C(=O)NC1CCCCC1. The highest BCUT2D eigenvalue weighted by atomic mass is 16.5. The summed E-state index contributed by atoms with van der Waals surface area (Å²) in [4.78, 5) is 25.2. The van der Waals surface area contributed by atoms with Crippen molar-refractivity contribution >= 4 is 17.5 Å². The van der Waals surface area contributed by atoms with Gasteiger partial charge in [-0.2, -0.15) is 0 Å². The summed E-state index contributed by atoms with van der Waals surface area (Å²) in [5.74, 6) is 0.156. The van der Waals surface area contributed by atoms with E-state index in [9.17, 15) is 9.59 Å². The van der Waals surface area contributed by atoms with Gasteiger partial charge in [0, 0.05) is 6.04 Å². The van der Waals surface area contributed by atoms with Crippen LogP contribution < -0.4 is 15.4 Å². The van der Waals surface area contributed by atoms with Gasteiger partial charge in [0.1, 0.15) is 5.75 Å². The molecule has 0 aromatic heterocycles. The lowest BCUT2D eigenvalue weighted by Gasteiger charge is -2.23. The number of para-hydroxylation sites is 1. The lowest BCUT2D eigenvalue weighted by atomic mass is 9.95. The maximum atomic E-state index is 12.7. The van der Waals surface area contributed by atoms with Crippen LogP contribution in [0.25, 0.3) is 11.1 Å². The third-order valence-electron chi connectivity index (χ3n) is 5.72. The van der Waals surface area contributed by atoms with Crippen LogP contribution in [0.1, 0.15) is 42.5 Å². The van der Waals surface area contributed by atoms with Crippen LogP contribution in [-0.2, 0) is 4.79 Å². The van der Waals surface area contributed by atoms with Gasteiger partial charge in [-0.05, 0) is 48.2 Å². The number of hydrogen-bond acceptors (Lipinski definition) is 3. The summed E-state index contributed by atoms with van der Waals surface area (Å²) in [5.41, 5.74) is 3.17. The van der Waals surface area contributed by atoms with Gasteiger partial charge < -0.3 is 15.4 Å². The molecule has 3 aromatic carbocycles. The minimum atomic E-state index is -0.310. The molecule has 2 amide bonds. The number of carbonyl (C=O) groups excluding carboxylic acids is 2. The van der Waals surface area contributed by atoms with E-state index in [1.54, 1.807) is 24.3 Å². The van der Waals surface area contributed by atoms with Crippen LogP contribution in [0.15, 0.2) is 78.9 Å². The number of rotatable bonds is 7. The molecule has 32 heavy (non-hydrogen) atoms. The van der Waals surface area contributed by atoms with Gasteiger partial charge in [0.25, 0.3) is 11.8 Å². The quantitative estimate of drug-likeness (QED) is 0.527. The van der Waals surface area contributed by atoms with E-state index in [1.807, 2.05) is 54.6 Å². The summed E-state index contributed by atoms with van der Waals surface area (Å²) < 4.78 is 5.64. The maximum Gasteiger partial charge on any atom is 0.262 e. The molecule has 164 valence electrons. The number of amides is 2. The lowest BCUT2D eigenvalue weighted by Crippen LogP contribution is -2.36. The van der Waals surface area contributed by atoms with E-state index in [0.717, 1.165) is 36.8 Å². The molecule has 0 unspecified atom stereocenters. The van der Waals surface area contributed by atoms with Crippen molar-refractivity contribution in [3.63, 3.8) is 0 Å². The monoisotopic (exact) mass is 428 g/mol. The number of benzene rings is 3. The predicted molar refractivity (Wildman–Crippen MR) is 127 cm³/mol. The van der Waals surface area contributed by atoms with Crippen LogP contribution in [-0.4, -0.2) is 24.5 Å². The van der Waals surface area contributed by atoms with E-state index in [4.69, 9.17) is 4.74 Å². The highest BCUT2D eigenvalue weighted by Gasteiger charge is 2.19. The van der Waals surface area contributed by atoms with E-state index >= 15 is 0 Å². The Morgan fingerprint density at radius 1 is 0.781 bits per heavy atom. The van der Waals surface area contributed by atoms with Gasteiger partial charge in [-0.15, -0.1) is 0 Å². The Bertz CT molecular complexity index is 1040. The Balaban J connectivity index is 1.33. The first-order valence-electron chi connectivity index (χ1n) is 11.2. The standard InChI is InChI=1S/C27H28N2O3/c30-26(19-32-23-17-15-21(16-18-23)20-9-3-1-4-10-20)29-25-14-8-7-13-24(25)27(31)28-22-11-5-2-6-12-22/h1,3-4,7-10,13-18,22H,2,5-6,11-12,19H2,(H,28,31)(H,29,30). The number of carbonyl (C=O) groups is 2. The van der Waals surface area contributed by atoms with Crippen molar-refractivity contribution in [2.75, 3.05) is 11.9 Å². The summed E-state index contributed by atoms with van der Waals surface area (Å²) in [5, 5.41) is 5.92. The fraction of sp³-hybridized carbons (Fsp3) is 0.259. The molecule has 1 aliphatic carbocycles. The first-order valence-corrected chi connectivity index (χ1v) is 11.2. The van der Waals surface area contributed by atoms with Crippen molar-refractivity contribution in [1.82, 2.24) is 5.32 Å². The van der Waals surface area contributed by atoms with Crippen molar-refractivity contribution < 1.29 is 14.3 Å². The van der Waals surface area contributed by atoms with Crippen LogP contribution in [0.5, 0.6) is 5.75 Å². The topological polar surface area (TPSA) is 67.4 Å². The van der Waals surface area contributed by atoms with Crippen molar-refractivity contribution in [2.45, 2.75) is 38.1 Å². The molecule has 2 N–H and O–H groups in total. The lowest BCUT2D eigenvalue weighted by molar-refractivity contribution is -0.118. The maximum absolute atomic E-state index is 12.7. The largest absolute Gasteiger partial charge is 0.484 e. The van der Waals surface area contributed by atoms with E-state index in [2.05, 4.69) is 10.6 Å². The highest BCUT2D eigenvalue weighted by molar-refractivity contribution is 6.04. The molecule has 0 bridgehead atoms. The third-order valence-corrected chi connectivity index (χ3v) is 5.72. The van der Waals surface area contributed by atoms with Gasteiger partial charge in [-0.3, -0.25) is 9.59 Å². The number of hydrogen-bond donors (Lipinski definition) is 2. The van der Waals surface area contributed by atoms with Crippen LogP contribution in [0.4, 0.5) is 5.69 Å². The Labute approximate surface area is 188 Å². The zero-order valence-corrected chi connectivity index (χ0v) is 18.1. The van der Waals surface area contributed by atoms with Crippen LogP contribution in [0, 0.1) is 0 Å². The normalized spacial score (nSPS) is 13.9. The van der Waals surface area contributed by atoms with Gasteiger partial charge >= 0.3 is 0 Å². The van der Waals surface area contributed by atoms with Crippen molar-refractivity contribution in [3.8, 4) is 16.9 Å². The summed E-state index contributed by atoms with van der Waals surface area (Å²) in [6, 6.07) is 25.0. The second kappa shape index (κ2) is 10.6. The minimum Gasteiger partial charge on any atom is -0.484 e. The summed E-state index contributed by atoms with van der Waals surface area (Å²) in [7, 11) is 0. The Hall–Kier alpha value is -3.60. The molecular weight excluding hydrogens is 400 g/mol. The smallest absolute Gasteiger partial charge is 0.262 e. The number of anilines is 1. The van der Waals surface area contributed by atoms with E-state index < -0.39 is 0 Å². The third kappa shape index (κ3) is 5.76. The molecule has 0 heterocycles. The first kappa shape index (κ1) is 21.6. The summed E-state index contributed by atoms with van der Waals surface area (Å²) in [6.45, 7) is -0.136. The van der Waals surface area contributed by atoms with Crippen LogP contribution >= 0.6 is 0 Å². The van der Waals surface area contributed by atoms with Gasteiger partial charge in [-0.25, -0.2) is 0 Å². The van der Waals surface area contributed by atoms with Crippen molar-refractivity contribution in [2.24, 2.45) is 0 Å². The Morgan fingerprint density at radius 2 is 1.44 bits per heavy atom. The number of nitrogens with one attached hydrogen (secondary N) is 2. The molecule has 3 aromatic rings. The summed E-state index contributed by atoms with van der Waals surface area (Å²) in [6.07, 6.45) is 5.54. The fourth-order valence-corrected chi connectivity index (χ4v) is 4.01. The molecule has 0 radical (unpaired) electrons. The number of ether oxygens (including phenoxy) is 1. The van der Waals surface area contributed by atoms with Gasteiger partial charge in [0.15, 0.2) is 6.61 Å². The molecule has 5 nitrogen and oxygen atoms in total. The molecule has 1 fully saturated rings. The van der Waals surface area contributed by atoms with Crippen LogP contribution in [0.2, 0.25) is 0 Å². The van der Waals surface area contributed by atoms with E-state index in [1.165, 1.54) is 6.42 Å². The zero-order chi connectivity index (χ0) is 22.2. The average molecular weight is 429 g/mol. The van der Waals surface area contributed by atoms with Gasteiger partial charge in [0.05, 0.1) is 11.3 Å². The summed E-state index contributed by atoms with van der Waals surface area (Å²) >= 11 is 0. The molecule has 0 saturated heterocycles. The molecule has 0 atom stereocenters. The highest BCUT2D eigenvalue weighted by Crippen LogP contribution is 2.23. The molecule has 1 aliphatic rings. The first-order chi connectivity index (χ1) is 15.7. The second-order valence-corrected chi connectivity index (χ2v) is 8.08. The molecular formula is C27H28N2O3. The van der Waals surface area contributed by atoms with Crippen molar-refractivity contribution in [3.05, 3.63) is 84.4 Å². The molecule has 4 rings (SSSR count). The minimum absolute atomic E-state index is 0.136. The Morgan fingerprint density at radius 3 is 2.19 bits per heavy atom. The molecule has 0 spiro atoms. The Kier molecular flexibility index (Phi) is 7.18. The molecule has 0 aliphatic heterocycles. The zero-order valence-electron chi connectivity index (χ0n) is 18.1. The second-order valence-electron chi connectivity index (χ2n) is 8.08. The van der Waals surface area contributed by atoms with E-state index in [-0.39, 0.29) is 24.5 Å². The predicted octanol–water partition coefficient (Wildman–Crippen LogP) is 5.43. The average Bonchev–Trinajstić information content (AvgIpc) is 2.84. The van der Waals surface area contributed by atoms with E-state index in [0.29, 0.717) is 17.0 Å². The van der Waals surface area contributed by atoms with Gasteiger partial charge in [0.2, 0.25) is 0 Å². The van der Waals surface area contributed by atoms with Gasteiger partial charge in [-0.1, -0.05) is 73.9 Å². The van der Waals surface area contributed by atoms with Crippen LogP contribution in [0.3, 0.4) is 0 Å². The van der Waals surface area contributed by atoms with Crippen molar-refractivity contribution in [1.29, 1.82) is 0 Å². The fourth-order valence-electron chi connectivity index (χ4n) is 4.01.